The lowest BCUT2D eigenvalue weighted by molar-refractivity contribution is 0.628. The maximum atomic E-state index is 12.9. The summed E-state index contributed by atoms with van der Waals surface area (Å²) in [6.07, 6.45) is 3.04. The molecule has 0 fully saturated rings. The Labute approximate surface area is 108 Å². The van der Waals surface area contributed by atoms with Gasteiger partial charge in [0, 0.05) is 6.21 Å². The minimum atomic E-state index is -0.464. The van der Waals surface area contributed by atoms with Crippen molar-refractivity contribution in [1.82, 2.24) is 4.98 Å². The van der Waals surface area contributed by atoms with Crippen LogP contribution in [0.1, 0.15) is 11.3 Å². The lowest BCUT2D eigenvalue weighted by Crippen LogP contribution is -1.84. The van der Waals surface area contributed by atoms with E-state index in [-0.39, 0.29) is 5.02 Å². The molecule has 0 radical (unpaired) electrons. The second kappa shape index (κ2) is 5.39. The number of rotatable bonds is 2. The zero-order chi connectivity index (χ0) is 13.0. The Morgan fingerprint density at radius 1 is 1.33 bits per heavy atom. The highest BCUT2D eigenvalue weighted by molar-refractivity contribution is 6.31. The van der Waals surface area contributed by atoms with E-state index >= 15 is 0 Å². The van der Waals surface area contributed by atoms with E-state index in [0.29, 0.717) is 16.9 Å². The summed E-state index contributed by atoms with van der Waals surface area (Å²) in [5.41, 5.74) is 1.62. The Morgan fingerprint density at radius 3 is 2.78 bits per heavy atom. The van der Waals surface area contributed by atoms with Crippen LogP contribution in [0.3, 0.4) is 0 Å². The Hall–Kier alpha value is -2.25. The molecular weight excluding hydrogens is 253 g/mol. The number of hydrogen-bond acceptors (Lipinski definition) is 3. The first-order valence-electron chi connectivity index (χ1n) is 5.04. The molecular formula is C13H7ClFN3. The summed E-state index contributed by atoms with van der Waals surface area (Å²) in [7, 11) is 0. The van der Waals surface area contributed by atoms with Crippen LogP contribution in [0, 0.1) is 17.1 Å². The smallest absolute Gasteiger partial charge is 0.141 e. The molecule has 2 rings (SSSR count). The van der Waals surface area contributed by atoms with Gasteiger partial charge in [0.15, 0.2) is 0 Å². The number of benzene rings is 1. The quantitative estimate of drug-likeness (QED) is 0.775. The molecule has 0 saturated carbocycles. The van der Waals surface area contributed by atoms with Gasteiger partial charge in [0.25, 0.3) is 0 Å². The Bertz CT molecular complexity index is 630. The summed E-state index contributed by atoms with van der Waals surface area (Å²) in [6.45, 7) is 0. The first kappa shape index (κ1) is 12.2. The largest absolute Gasteiger partial charge is 0.255 e. The SMILES string of the molecule is N#Cc1ccc(N=Cc2ccc(F)c(Cl)c2)cn1. The molecule has 0 unspecified atom stereocenters. The van der Waals surface area contributed by atoms with Gasteiger partial charge in [-0.3, -0.25) is 4.99 Å². The van der Waals surface area contributed by atoms with E-state index in [1.54, 1.807) is 24.4 Å². The third-order valence-electron chi connectivity index (χ3n) is 2.17. The predicted octanol–water partition coefficient (Wildman–Crippen LogP) is 3.50. The molecule has 1 heterocycles. The summed E-state index contributed by atoms with van der Waals surface area (Å²) >= 11 is 5.65. The summed E-state index contributed by atoms with van der Waals surface area (Å²) in [5.74, 6) is -0.464. The van der Waals surface area contributed by atoms with E-state index in [4.69, 9.17) is 16.9 Å². The second-order valence-electron chi connectivity index (χ2n) is 3.45. The third kappa shape index (κ3) is 2.90. The van der Waals surface area contributed by atoms with Gasteiger partial charge < -0.3 is 0 Å². The second-order valence-corrected chi connectivity index (χ2v) is 3.85. The fourth-order valence-electron chi connectivity index (χ4n) is 1.27. The van der Waals surface area contributed by atoms with Crippen molar-refractivity contribution in [2.75, 3.05) is 0 Å². The van der Waals surface area contributed by atoms with Crippen LogP contribution in [0.4, 0.5) is 10.1 Å². The molecule has 1 aromatic heterocycles. The van der Waals surface area contributed by atoms with Crippen molar-refractivity contribution in [1.29, 1.82) is 5.26 Å². The van der Waals surface area contributed by atoms with Crippen molar-refractivity contribution in [3.63, 3.8) is 0 Å². The lowest BCUT2D eigenvalue weighted by atomic mass is 10.2. The van der Waals surface area contributed by atoms with Crippen LogP contribution in [0.15, 0.2) is 41.5 Å². The van der Waals surface area contributed by atoms with E-state index in [1.807, 2.05) is 6.07 Å². The van der Waals surface area contributed by atoms with Gasteiger partial charge in [0.05, 0.1) is 16.9 Å². The van der Waals surface area contributed by atoms with Gasteiger partial charge in [0.1, 0.15) is 17.6 Å². The molecule has 0 aliphatic rings. The Kier molecular flexibility index (Phi) is 3.66. The van der Waals surface area contributed by atoms with Crippen molar-refractivity contribution < 1.29 is 4.39 Å². The lowest BCUT2D eigenvalue weighted by Gasteiger charge is -1.96. The third-order valence-corrected chi connectivity index (χ3v) is 2.46. The number of pyridine rings is 1. The molecule has 0 aliphatic heterocycles. The van der Waals surface area contributed by atoms with E-state index in [0.717, 1.165) is 0 Å². The van der Waals surface area contributed by atoms with Crippen LogP contribution in [-0.4, -0.2) is 11.2 Å². The molecule has 18 heavy (non-hydrogen) atoms. The highest BCUT2D eigenvalue weighted by Crippen LogP contribution is 2.16. The average molecular weight is 260 g/mol. The number of hydrogen-bond donors (Lipinski definition) is 0. The molecule has 0 amide bonds. The van der Waals surface area contributed by atoms with Crippen LogP contribution < -0.4 is 0 Å². The molecule has 0 saturated heterocycles. The van der Waals surface area contributed by atoms with Crippen molar-refractivity contribution >= 4 is 23.5 Å². The van der Waals surface area contributed by atoms with Gasteiger partial charge >= 0.3 is 0 Å². The van der Waals surface area contributed by atoms with Gasteiger partial charge in [-0.2, -0.15) is 5.26 Å². The number of halogens is 2. The van der Waals surface area contributed by atoms with E-state index in [2.05, 4.69) is 9.98 Å². The topological polar surface area (TPSA) is 49.0 Å². The fraction of sp³-hybridized carbons (Fsp3) is 0. The maximum absolute atomic E-state index is 12.9. The van der Waals surface area contributed by atoms with Crippen LogP contribution in [0.25, 0.3) is 0 Å². The van der Waals surface area contributed by atoms with Gasteiger partial charge in [-0.15, -0.1) is 0 Å². The maximum Gasteiger partial charge on any atom is 0.141 e. The first-order chi connectivity index (χ1) is 8.69. The molecule has 88 valence electrons. The molecule has 0 aliphatic carbocycles. The van der Waals surface area contributed by atoms with Gasteiger partial charge in [0.2, 0.25) is 0 Å². The number of aliphatic imine (C=N–C) groups is 1. The molecule has 3 nitrogen and oxygen atoms in total. The highest BCUT2D eigenvalue weighted by atomic mass is 35.5. The van der Waals surface area contributed by atoms with Gasteiger partial charge in [-0.1, -0.05) is 17.7 Å². The Balaban J connectivity index is 2.19. The van der Waals surface area contributed by atoms with E-state index in [1.165, 1.54) is 18.3 Å². The highest BCUT2D eigenvalue weighted by Gasteiger charge is 1.98. The van der Waals surface area contributed by atoms with Gasteiger partial charge in [-0.25, -0.2) is 9.37 Å². The fourth-order valence-corrected chi connectivity index (χ4v) is 1.46. The van der Waals surface area contributed by atoms with Crippen LogP contribution in [0.5, 0.6) is 0 Å². The minimum Gasteiger partial charge on any atom is -0.255 e. The van der Waals surface area contributed by atoms with Crippen LogP contribution >= 0.6 is 11.6 Å². The van der Waals surface area contributed by atoms with Crippen molar-refractivity contribution in [3.8, 4) is 6.07 Å². The molecule has 0 bridgehead atoms. The summed E-state index contributed by atoms with van der Waals surface area (Å²) < 4.78 is 12.9. The zero-order valence-corrected chi connectivity index (χ0v) is 9.89. The zero-order valence-electron chi connectivity index (χ0n) is 9.14. The normalized spacial score (nSPS) is 10.5. The van der Waals surface area contributed by atoms with E-state index < -0.39 is 5.82 Å². The van der Waals surface area contributed by atoms with Crippen molar-refractivity contribution in [2.24, 2.45) is 4.99 Å². The van der Waals surface area contributed by atoms with Gasteiger partial charge in [-0.05, 0) is 29.8 Å². The number of nitrogens with zero attached hydrogens (tertiary/aromatic N) is 3. The summed E-state index contributed by atoms with van der Waals surface area (Å²) in [5, 5.41) is 8.64. The van der Waals surface area contributed by atoms with E-state index in [9.17, 15) is 4.39 Å². The molecule has 5 heteroatoms. The average Bonchev–Trinajstić information content (AvgIpc) is 2.41. The first-order valence-corrected chi connectivity index (χ1v) is 5.42. The number of nitriles is 1. The minimum absolute atomic E-state index is 0.0527. The number of aromatic nitrogens is 1. The molecule has 0 spiro atoms. The monoisotopic (exact) mass is 259 g/mol. The van der Waals surface area contributed by atoms with Crippen LogP contribution in [-0.2, 0) is 0 Å². The summed E-state index contributed by atoms with van der Waals surface area (Å²) in [6, 6.07) is 9.50. The molecule has 0 atom stereocenters. The summed E-state index contributed by atoms with van der Waals surface area (Å²) in [4.78, 5) is 8.02. The molecule has 2 aromatic rings. The molecule has 0 N–H and O–H groups in total. The predicted molar refractivity (Wildman–Crippen MR) is 67.6 cm³/mol. The molecule has 1 aromatic carbocycles. The van der Waals surface area contributed by atoms with Crippen LogP contribution in [0.2, 0.25) is 5.02 Å². The van der Waals surface area contributed by atoms with Crippen molar-refractivity contribution in [2.45, 2.75) is 0 Å². The standard InChI is InChI=1S/C13H7ClFN3/c14-12-5-9(1-4-13(12)15)7-17-11-3-2-10(6-16)18-8-11/h1-5,7-8H. The van der Waals surface area contributed by atoms with Crippen molar-refractivity contribution in [3.05, 3.63) is 58.6 Å². The Morgan fingerprint density at radius 2 is 2.17 bits per heavy atom.